The number of aryl methyl sites for hydroxylation is 2. The quantitative estimate of drug-likeness (QED) is 0.444. The zero-order valence-corrected chi connectivity index (χ0v) is 17.4. The number of hydrogen-bond acceptors (Lipinski definition) is 2. The largest absolute Gasteiger partial charge is 0.477 e. The Morgan fingerprint density at radius 1 is 0.933 bits per heavy atom. The summed E-state index contributed by atoms with van der Waals surface area (Å²) in [5, 5.41) is 14.5. The van der Waals surface area contributed by atoms with Crippen LogP contribution in [0, 0.1) is 13.8 Å². The zero-order valence-electron chi connectivity index (χ0n) is 17.4. The Hall–Kier alpha value is -3.37. The average molecular weight is 399 g/mol. The third-order valence-electron chi connectivity index (χ3n) is 5.58. The van der Waals surface area contributed by atoms with Crippen LogP contribution in [-0.2, 0) is 19.6 Å². The summed E-state index contributed by atoms with van der Waals surface area (Å²) >= 11 is 0. The molecule has 4 nitrogen and oxygen atoms in total. The Labute approximate surface area is 176 Å². The van der Waals surface area contributed by atoms with Crippen molar-refractivity contribution in [3.05, 3.63) is 106 Å². The highest BCUT2D eigenvalue weighted by atomic mass is 16.4. The van der Waals surface area contributed by atoms with E-state index in [2.05, 4.69) is 49.5 Å². The van der Waals surface area contributed by atoms with E-state index >= 15 is 0 Å². The van der Waals surface area contributed by atoms with E-state index in [4.69, 9.17) is 0 Å². The lowest BCUT2D eigenvalue weighted by Gasteiger charge is -2.12. The van der Waals surface area contributed by atoms with Gasteiger partial charge in [-0.3, -0.25) is 0 Å². The normalized spacial score (nSPS) is 11.1. The van der Waals surface area contributed by atoms with Gasteiger partial charge in [0.05, 0.1) is 0 Å². The Bertz CT molecular complexity index is 1210. The molecule has 0 unspecified atom stereocenters. The molecule has 0 aliphatic rings. The molecule has 0 aliphatic carbocycles. The van der Waals surface area contributed by atoms with Gasteiger partial charge in [-0.2, -0.15) is 0 Å². The molecular formula is C26H26N2O2. The summed E-state index contributed by atoms with van der Waals surface area (Å²) in [6.45, 7) is 5.86. The van der Waals surface area contributed by atoms with Crippen molar-refractivity contribution in [1.29, 1.82) is 0 Å². The van der Waals surface area contributed by atoms with E-state index in [0.717, 1.165) is 27.6 Å². The molecule has 1 aromatic heterocycles. The zero-order chi connectivity index (χ0) is 21.1. The first-order valence-corrected chi connectivity index (χ1v) is 10.2. The molecule has 0 amide bonds. The van der Waals surface area contributed by atoms with Gasteiger partial charge >= 0.3 is 5.97 Å². The molecule has 3 aromatic carbocycles. The summed E-state index contributed by atoms with van der Waals surface area (Å²) in [7, 11) is 0. The summed E-state index contributed by atoms with van der Waals surface area (Å²) in [5.74, 6) is -0.896. The fraction of sp³-hybridized carbons (Fsp3) is 0.192. The Balaban J connectivity index is 1.71. The molecule has 4 heteroatoms. The molecule has 0 aliphatic heterocycles. The van der Waals surface area contributed by atoms with Crippen LogP contribution in [0.5, 0.6) is 0 Å². The number of carboxylic acid groups (broad SMARTS) is 1. The van der Waals surface area contributed by atoms with E-state index in [0.29, 0.717) is 25.3 Å². The lowest BCUT2D eigenvalue weighted by Crippen LogP contribution is -2.17. The van der Waals surface area contributed by atoms with Crippen molar-refractivity contribution in [2.24, 2.45) is 0 Å². The van der Waals surface area contributed by atoms with Gasteiger partial charge in [0.25, 0.3) is 0 Å². The van der Waals surface area contributed by atoms with Crippen LogP contribution in [0.1, 0.15) is 38.3 Å². The minimum absolute atomic E-state index is 0.358. The van der Waals surface area contributed by atoms with Crippen LogP contribution in [0.2, 0.25) is 0 Å². The van der Waals surface area contributed by atoms with Crippen molar-refractivity contribution in [1.82, 2.24) is 9.88 Å². The van der Waals surface area contributed by atoms with E-state index in [9.17, 15) is 9.90 Å². The van der Waals surface area contributed by atoms with Crippen LogP contribution in [0.3, 0.4) is 0 Å². The molecule has 0 spiro atoms. The van der Waals surface area contributed by atoms with Gasteiger partial charge in [0, 0.05) is 36.1 Å². The molecule has 0 atom stereocenters. The Morgan fingerprint density at radius 2 is 1.70 bits per heavy atom. The first-order chi connectivity index (χ1) is 14.5. The molecule has 0 bridgehead atoms. The second-order valence-electron chi connectivity index (χ2n) is 7.75. The van der Waals surface area contributed by atoms with Gasteiger partial charge in [-0.25, -0.2) is 4.79 Å². The highest BCUT2D eigenvalue weighted by Crippen LogP contribution is 2.28. The van der Waals surface area contributed by atoms with Crippen molar-refractivity contribution in [2.75, 3.05) is 0 Å². The molecular weight excluding hydrogens is 372 g/mol. The topological polar surface area (TPSA) is 54.3 Å². The molecule has 0 radical (unpaired) electrons. The molecule has 4 rings (SSSR count). The molecule has 152 valence electrons. The monoisotopic (exact) mass is 398 g/mol. The number of aromatic nitrogens is 1. The number of rotatable bonds is 7. The average Bonchev–Trinajstić information content (AvgIpc) is 3.04. The summed E-state index contributed by atoms with van der Waals surface area (Å²) < 4.78 is 1.93. The van der Waals surface area contributed by atoms with Crippen molar-refractivity contribution in [3.8, 4) is 0 Å². The second kappa shape index (κ2) is 8.56. The SMILES string of the molecule is Cc1cccc(CNCc2c(C(=O)O)n(Cc3ccccc3C)c3ccccc23)c1. The number of nitrogens with zero attached hydrogens (tertiary/aromatic N) is 1. The van der Waals surface area contributed by atoms with E-state index in [1.54, 1.807) is 0 Å². The standard InChI is InChI=1S/C26H26N2O2/c1-18-8-7-10-20(14-18)15-27-16-23-22-12-5-6-13-24(22)28(25(23)26(29)30)17-21-11-4-3-9-19(21)2/h3-14,27H,15-17H2,1-2H3,(H,29,30). The second-order valence-corrected chi connectivity index (χ2v) is 7.75. The fourth-order valence-corrected chi connectivity index (χ4v) is 4.07. The van der Waals surface area contributed by atoms with Gasteiger partial charge in [-0.05, 0) is 36.6 Å². The number of benzene rings is 3. The number of carbonyl (C=O) groups is 1. The summed E-state index contributed by atoms with van der Waals surface area (Å²) in [6, 6.07) is 24.4. The predicted molar refractivity (Wildman–Crippen MR) is 121 cm³/mol. The van der Waals surface area contributed by atoms with E-state index in [1.165, 1.54) is 11.1 Å². The smallest absolute Gasteiger partial charge is 0.352 e. The van der Waals surface area contributed by atoms with Crippen LogP contribution < -0.4 is 5.32 Å². The van der Waals surface area contributed by atoms with E-state index in [1.807, 2.05) is 47.0 Å². The molecule has 0 fully saturated rings. The molecule has 2 N–H and O–H groups in total. The number of fused-ring (bicyclic) bond motifs is 1. The molecule has 4 aromatic rings. The Morgan fingerprint density at radius 3 is 2.47 bits per heavy atom. The van der Waals surface area contributed by atoms with Crippen LogP contribution in [-0.4, -0.2) is 15.6 Å². The minimum atomic E-state index is -0.896. The third-order valence-corrected chi connectivity index (χ3v) is 5.58. The van der Waals surface area contributed by atoms with Gasteiger partial charge in [0.1, 0.15) is 5.69 Å². The maximum absolute atomic E-state index is 12.3. The summed E-state index contributed by atoms with van der Waals surface area (Å²) in [4.78, 5) is 12.3. The van der Waals surface area contributed by atoms with E-state index < -0.39 is 5.97 Å². The van der Waals surface area contributed by atoms with Gasteiger partial charge in [-0.1, -0.05) is 72.3 Å². The maximum Gasteiger partial charge on any atom is 0.352 e. The maximum atomic E-state index is 12.3. The first kappa shape index (κ1) is 19.9. The van der Waals surface area contributed by atoms with Gasteiger partial charge in [-0.15, -0.1) is 0 Å². The van der Waals surface area contributed by atoms with Crippen LogP contribution in [0.25, 0.3) is 10.9 Å². The number of nitrogens with one attached hydrogen (secondary N) is 1. The number of aromatic carboxylic acids is 1. The number of para-hydroxylation sites is 1. The summed E-state index contributed by atoms with van der Waals surface area (Å²) in [5.41, 5.74) is 6.83. The molecule has 1 heterocycles. The predicted octanol–water partition coefficient (Wildman–Crippen LogP) is 5.29. The highest BCUT2D eigenvalue weighted by Gasteiger charge is 2.22. The van der Waals surface area contributed by atoms with Crippen molar-refractivity contribution in [2.45, 2.75) is 33.5 Å². The van der Waals surface area contributed by atoms with Crippen molar-refractivity contribution >= 4 is 16.9 Å². The van der Waals surface area contributed by atoms with Crippen LogP contribution in [0.15, 0.2) is 72.8 Å². The van der Waals surface area contributed by atoms with Gasteiger partial charge < -0.3 is 15.0 Å². The molecule has 0 saturated carbocycles. The fourth-order valence-electron chi connectivity index (χ4n) is 4.07. The molecule has 30 heavy (non-hydrogen) atoms. The van der Waals surface area contributed by atoms with Crippen LogP contribution >= 0.6 is 0 Å². The lowest BCUT2D eigenvalue weighted by molar-refractivity contribution is 0.0684. The summed E-state index contributed by atoms with van der Waals surface area (Å²) in [6.07, 6.45) is 0. The van der Waals surface area contributed by atoms with E-state index in [-0.39, 0.29) is 0 Å². The third kappa shape index (κ3) is 4.00. The van der Waals surface area contributed by atoms with Crippen molar-refractivity contribution in [3.63, 3.8) is 0 Å². The minimum Gasteiger partial charge on any atom is -0.477 e. The molecule has 0 saturated heterocycles. The van der Waals surface area contributed by atoms with Crippen molar-refractivity contribution < 1.29 is 9.90 Å². The van der Waals surface area contributed by atoms with Gasteiger partial charge in [0.15, 0.2) is 0 Å². The lowest BCUT2D eigenvalue weighted by atomic mass is 10.1. The number of hydrogen-bond donors (Lipinski definition) is 2. The first-order valence-electron chi connectivity index (χ1n) is 10.2. The van der Waals surface area contributed by atoms with Gasteiger partial charge in [0.2, 0.25) is 0 Å². The highest BCUT2D eigenvalue weighted by molar-refractivity contribution is 5.98. The number of carboxylic acids is 1. The van der Waals surface area contributed by atoms with Crippen LogP contribution in [0.4, 0.5) is 0 Å². The Kier molecular flexibility index (Phi) is 5.68.